The maximum absolute atomic E-state index is 9.39. The lowest BCUT2D eigenvalue weighted by Crippen LogP contribution is -1.93. The minimum absolute atomic E-state index is 0.229. The number of tetrazole rings is 1. The SMILES string of the molecule is Oc1cccc(Sc2cncc3nnnn23)c1. The van der Waals surface area contributed by atoms with Crippen LogP contribution in [0.3, 0.4) is 0 Å². The van der Waals surface area contributed by atoms with Gasteiger partial charge in [-0.05, 0) is 28.6 Å². The van der Waals surface area contributed by atoms with Crippen molar-refractivity contribution in [3.05, 3.63) is 36.7 Å². The molecule has 84 valence electrons. The monoisotopic (exact) mass is 245 g/mol. The smallest absolute Gasteiger partial charge is 0.198 e. The van der Waals surface area contributed by atoms with Gasteiger partial charge in [-0.3, -0.25) is 4.98 Å². The summed E-state index contributed by atoms with van der Waals surface area (Å²) in [7, 11) is 0. The summed E-state index contributed by atoms with van der Waals surface area (Å²) in [5.74, 6) is 0.229. The highest BCUT2D eigenvalue weighted by atomic mass is 32.2. The van der Waals surface area contributed by atoms with Crippen molar-refractivity contribution in [2.75, 3.05) is 0 Å². The van der Waals surface area contributed by atoms with Crippen LogP contribution in [-0.4, -0.2) is 30.1 Å². The molecule has 0 spiro atoms. The number of nitrogens with zero attached hydrogens (tertiary/aromatic N) is 5. The summed E-state index contributed by atoms with van der Waals surface area (Å²) in [6.07, 6.45) is 3.27. The van der Waals surface area contributed by atoms with E-state index in [0.717, 1.165) is 9.92 Å². The molecular weight excluding hydrogens is 238 g/mol. The van der Waals surface area contributed by atoms with Gasteiger partial charge in [-0.1, -0.05) is 17.8 Å². The first-order chi connectivity index (χ1) is 8.33. The number of phenols is 1. The van der Waals surface area contributed by atoms with Crippen LogP contribution in [0.2, 0.25) is 0 Å². The molecule has 7 heteroatoms. The summed E-state index contributed by atoms with van der Waals surface area (Å²) in [5.41, 5.74) is 0.593. The second-order valence-electron chi connectivity index (χ2n) is 3.29. The Morgan fingerprint density at radius 3 is 3.06 bits per heavy atom. The van der Waals surface area contributed by atoms with E-state index in [4.69, 9.17) is 0 Å². The molecule has 1 aromatic carbocycles. The van der Waals surface area contributed by atoms with Gasteiger partial charge in [-0.25, -0.2) is 0 Å². The first-order valence-corrected chi connectivity index (χ1v) is 5.63. The van der Waals surface area contributed by atoms with Gasteiger partial charge in [0, 0.05) is 4.90 Å². The first-order valence-electron chi connectivity index (χ1n) is 4.82. The zero-order valence-electron chi connectivity index (χ0n) is 8.56. The fourth-order valence-electron chi connectivity index (χ4n) is 1.39. The predicted molar refractivity (Wildman–Crippen MR) is 60.8 cm³/mol. The van der Waals surface area contributed by atoms with Crippen LogP contribution in [0, 0.1) is 0 Å². The number of phenolic OH excluding ortho intramolecular Hbond substituents is 1. The summed E-state index contributed by atoms with van der Waals surface area (Å²) in [6.45, 7) is 0. The van der Waals surface area contributed by atoms with Gasteiger partial charge in [0.15, 0.2) is 5.65 Å². The highest BCUT2D eigenvalue weighted by Gasteiger charge is 2.06. The number of hydrogen-bond donors (Lipinski definition) is 1. The molecule has 2 heterocycles. The summed E-state index contributed by atoms with van der Waals surface area (Å²) >= 11 is 1.43. The van der Waals surface area contributed by atoms with Crippen LogP contribution in [0.4, 0.5) is 0 Å². The maximum atomic E-state index is 9.39. The van der Waals surface area contributed by atoms with Crippen molar-refractivity contribution >= 4 is 17.4 Å². The van der Waals surface area contributed by atoms with Gasteiger partial charge in [0.05, 0.1) is 12.4 Å². The molecule has 0 radical (unpaired) electrons. The lowest BCUT2D eigenvalue weighted by molar-refractivity contribution is 0.474. The van der Waals surface area contributed by atoms with E-state index in [9.17, 15) is 5.11 Å². The quantitative estimate of drug-likeness (QED) is 0.735. The summed E-state index contributed by atoms with van der Waals surface area (Å²) < 4.78 is 1.60. The number of benzene rings is 1. The molecule has 6 nitrogen and oxygen atoms in total. The Labute approximate surface area is 100 Å². The van der Waals surface area contributed by atoms with Crippen molar-refractivity contribution in [1.29, 1.82) is 0 Å². The van der Waals surface area contributed by atoms with Crippen LogP contribution >= 0.6 is 11.8 Å². The van der Waals surface area contributed by atoms with Gasteiger partial charge in [-0.2, -0.15) is 4.52 Å². The third-order valence-electron chi connectivity index (χ3n) is 2.12. The van der Waals surface area contributed by atoms with Gasteiger partial charge in [0.2, 0.25) is 0 Å². The van der Waals surface area contributed by atoms with E-state index in [0.29, 0.717) is 5.65 Å². The molecule has 1 N–H and O–H groups in total. The Kier molecular flexibility index (Phi) is 2.37. The molecule has 0 amide bonds. The number of hydrogen-bond acceptors (Lipinski definition) is 6. The van der Waals surface area contributed by atoms with Crippen LogP contribution < -0.4 is 0 Å². The first kappa shape index (κ1) is 10.0. The Morgan fingerprint density at radius 2 is 2.18 bits per heavy atom. The zero-order chi connectivity index (χ0) is 11.7. The van der Waals surface area contributed by atoms with E-state index < -0.39 is 0 Å². The van der Waals surface area contributed by atoms with E-state index in [1.165, 1.54) is 11.8 Å². The van der Waals surface area contributed by atoms with Gasteiger partial charge < -0.3 is 5.11 Å². The average Bonchev–Trinajstić information content (AvgIpc) is 2.78. The molecule has 17 heavy (non-hydrogen) atoms. The Bertz CT molecular complexity index is 668. The molecule has 2 aromatic heterocycles. The van der Waals surface area contributed by atoms with Crippen LogP contribution in [0.25, 0.3) is 5.65 Å². The van der Waals surface area contributed by atoms with Crippen molar-refractivity contribution < 1.29 is 5.11 Å². The third-order valence-corrected chi connectivity index (χ3v) is 3.09. The predicted octanol–water partition coefficient (Wildman–Crippen LogP) is 1.38. The summed E-state index contributed by atoms with van der Waals surface area (Å²) in [4.78, 5) is 4.95. The number of aromatic hydroxyl groups is 1. The molecule has 3 aromatic rings. The molecule has 0 aliphatic heterocycles. The standard InChI is InChI=1S/C10H7N5OS/c16-7-2-1-3-8(4-7)17-10-6-11-5-9-12-13-14-15(9)10/h1-6,16H. The van der Waals surface area contributed by atoms with Gasteiger partial charge in [0.25, 0.3) is 0 Å². The molecule has 0 saturated carbocycles. The minimum Gasteiger partial charge on any atom is -0.508 e. The van der Waals surface area contributed by atoms with Crippen molar-refractivity contribution in [2.45, 2.75) is 9.92 Å². The van der Waals surface area contributed by atoms with Gasteiger partial charge in [0.1, 0.15) is 10.8 Å². The lowest BCUT2D eigenvalue weighted by atomic mass is 10.3. The van der Waals surface area contributed by atoms with Crippen LogP contribution in [0.1, 0.15) is 0 Å². The molecule has 0 unspecified atom stereocenters. The Morgan fingerprint density at radius 1 is 1.24 bits per heavy atom. The van der Waals surface area contributed by atoms with Crippen LogP contribution in [-0.2, 0) is 0 Å². The Hall–Kier alpha value is -2.15. The largest absolute Gasteiger partial charge is 0.508 e. The van der Waals surface area contributed by atoms with E-state index in [-0.39, 0.29) is 5.75 Å². The van der Waals surface area contributed by atoms with Crippen LogP contribution in [0.5, 0.6) is 5.75 Å². The minimum atomic E-state index is 0.229. The van der Waals surface area contributed by atoms with Crippen molar-refractivity contribution in [3.63, 3.8) is 0 Å². The van der Waals surface area contributed by atoms with E-state index in [2.05, 4.69) is 20.5 Å². The fraction of sp³-hybridized carbons (Fsp3) is 0. The second-order valence-corrected chi connectivity index (χ2v) is 4.39. The molecule has 0 fully saturated rings. The summed E-state index contributed by atoms with van der Waals surface area (Å²) in [5, 5.41) is 21.4. The highest BCUT2D eigenvalue weighted by molar-refractivity contribution is 7.99. The van der Waals surface area contributed by atoms with E-state index >= 15 is 0 Å². The number of fused-ring (bicyclic) bond motifs is 1. The summed E-state index contributed by atoms with van der Waals surface area (Å²) in [6, 6.07) is 6.98. The molecule has 0 atom stereocenters. The van der Waals surface area contributed by atoms with E-state index in [1.54, 1.807) is 35.1 Å². The normalized spacial score (nSPS) is 10.8. The second kappa shape index (κ2) is 4.02. The third kappa shape index (κ3) is 1.92. The molecule has 0 aliphatic carbocycles. The Balaban J connectivity index is 2.02. The van der Waals surface area contributed by atoms with Crippen LogP contribution in [0.15, 0.2) is 46.6 Å². The maximum Gasteiger partial charge on any atom is 0.198 e. The molecule has 0 saturated heterocycles. The van der Waals surface area contributed by atoms with Crippen molar-refractivity contribution in [2.24, 2.45) is 0 Å². The highest BCUT2D eigenvalue weighted by Crippen LogP contribution is 2.28. The molecular formula is C10H7N5OS. The van der Waals surface area contributed by atoms with Crippen molar-refractivity contribution in [1.82, 2.24) is 25.0 Å². The molecule has 0 aliphatic rings. The zero-order valence-corrected chi connectivity index (χ0v) is 9.37. The molecule has 3 rings (SSSR count). The average molecular weight is 245 g/mol. The molecule has 0 bridgehead atoms. The number of rotatable bonds is 2. The van der Waals surface area contributed by atoms with Crippen molar-refractivity contribution in [3.8, 4) is 5.75 Å². The topological polar surface area (TPSA) is 76.2 Å². The van der Waals surface area contributed by atoms with Gasteiger partial charge >= 0.3 is 0 Å². The van der Waals surface area contributed by atoms with E-state index in [1.807, 2.05) is 6.07 Å². The number of aromatic nitrogens is 5. The lowest BCUT2D eigenvalue weighted by Gasteiger charge is -2.02. The fourth-order valence-corrected chi connectivity index (χ4v) is 2.29. The van der Waals surface area contributed by atoms with Gasteiger partial charge in [-0.15, -0.1) is 5.10 Å².